The zero-order valence-corrected chi connectivity index (χ0v) is 11.7. The fourth-order valence-electron chi connectivity index (χ4n) is 3.50. The van der Waals surface area contributed by atoms with Crippen molar-refractivity contribution in [1.82, 2.24) is 0 Å². The average Bonchev–Trinajstić information content (AvgIpc) is 2.46. The molecule has 1 aromatic rings. The Morgan fingerprint density at radius 1 is 1.50 bits per heavy atom. The van der Waals surface area contributed by atoms with E-state index in [1.54, 1.807) is 7.11 Å². The third-order valence-electron chi connectivity index (χ3n) is 4.50. The highest BCUT2D eigenvalue weighted by atomic mass is 16.5. The zero-order chi connectivity index (χ0) is 14.3. The van der Waals surface area contributed by atoms with Crippen LogP contribution in [-0.2, 0) is 9.53 Å². The molecule has 1 fully saturated rings. The van der Waals surface area contributed by atoms with Gasteiger partial charge >= 0.3 is 5.97 Å². The lowest BCUT2D eigenvalue weighted by atomic mass is 9.75. The summed E-state index contributed by atoms with van der Waals surface area (Å²) in [6.45, 7) is 1.20. The second-order valence-electron chi connectivity index (χ2n) is 5.45. The van der Waals surface area contributed by atoms with Crippen LogP contribution < -0.4 is 9.64 Å². The number of fused-ring (bicyclic) bond motifs is 2. The summed E-state index contributed by atoms with van der Waals surface area (Å²) < 4.78 is 10.8. The number of nitrogens with zero attached hydrogens (tertiary/aromatic N) is 1. The Bertz CT molecular complexity index is 531. The van der Waals surface area contributed by atoms with Crippen molar-refractivity contribution in [2.75, 3.05) is 32.3 Å². The quantitative estimate of drug-likeness (QED) is 0.892. The summed E-state index contributed by atoms with van der Waals surface area (Å²) in [6, 6.07) is 5.91. The predicted octanol–water partition coefficient (Wildman–Crippen LogP) is 1.72. The summed E-state index contributed by atoms with van der Waals surface area (Å²) in [6.07, 6.45) is 0.871. The van der Waals surface area contributed by atoms with E-state index in [0.29, 0.717) is 19.0 Å². The molecule has 0 radical (unpaired) electrons. The molecule has 3 unspecified atom stereocenters. The number of anilines is 1. The first-order chi connectivity index (χ1) is 9.63. The highest BCUT2D eigenvalue weighted by Gasteiger charge is 2.45. The largest absolute Gasteiger partial charge is 0.497 e. The summed E-state index contributed by atoms with van der Waals surface area (Å²) in [5.41, 5.74) is 1.81. The van der Waals surface area contributed by atoms with Gasteiger partial charge in [0.05, 0.1) is 19.6 Å². The zero-order valence-electron chi connectivity index (χ0n) is 11.7. The van der Waals surface area contributed by atoms with Gasteiger partial charge in [0, 0.05) is 31.3 Å². The monoisotopic (exact) mass is 277 g/mol. The molecule has 0 saturated carbocycles. The molecule has 20 heavy (non-hydrogen) atoms. The molecule has 1 saturated heterocycles. The van der Waals surface area contributed by atoms with E-state index in [4.69, 9.17) is 9.47 Å². The number of methoxy groups -OCH3 is 1. The van der Waals surface area contributed by atoms with Crippen LogP contribution in [0.1, 0.15) is 17.9 Å². The minimum Gasteiger partial charge on any atom is -0.497 e. The van der Waals surface area contributed by atoms with Crippen LogP contribution in [-0.4, -0.2) is 44.5 Å². The van der Waals surface area contributed by atoms with Gasteiger partial charge in [-0.3, -0.25) is 4.79 Å². The summed E-state index contributed by atoms with van der Waals surface area (Å²) >= 11 is 0. The summed E-state index contributed by atoms with van der Waals surface area (Å²) in [7, 11) is 3.63. The molecule has 0 spiro atoms. The van der Waals surface area contributed by atoms with E-state index in [9.17, 15) is 9.90 Å². The highest BCUT2D eigenvalue weighted by molar-refractivity contribution is 5.81. The lowest BCUT2D eigenvalue weighted by Crippen LogP contribution is -2.51. The van der Waals surface area contributed by atoms with Crippen molar-refractivity contribution in [3.8, 4) is 5.75 Å². The third kappa shape index (κ3) is 1.93. The molecule has 108 valence electrons. The first-order valence-electron chi connectivity index (χ1n) is 6.85. The Kier molecular flexibility index (Phi) is 3.30. The van der Waals surface area contributed by atoms with Gasteiger partial charge < -0.3 is 19.5 Å². The van der Waals surface area contributed by atoms with Gasteiger partial charge in [0.15, 0.2) is 0 Å². The fraction of sp³-hybridized carbons (Fsp3) is 0.533. The second-order valence-corrected chi connectivity index (χ2v) is 5.45. The Hall–Kier alpha value is -1.75. The molecular formula is C15H19NO4. The van der Waals surface area contributed by atoms with Crippen LogP contribution in [0.5, 0.6) is 5.75 Å². The summed E-state index contributed by atoms with van der Waals surface area (Å²) in [5, 5.41) is 9.66. The molecule has 0 bridgehead atoms. The van der Waals surface area contributed by atoms with Gasteiger partial charge in [0.1, 0.15) is 5.75 Å². The molecule has 5 heteroatoms. The first kappa shape index (κ1) is 13.2. The smallest absolute Gasteiger partial charge is 0.311 e. The Labute approximate surface area is 118 Å². The number of aliphatic carboxylic acids is 1. The van der Waals surface area contributed by atoms with Crippen molar-refractivity contribution in [3.63, 3.8) is 0 Å². The van der Waals surface area contributed by atoms with Crippen molar-refractivity contribution in [2.45, 2.75) is 18.4 Å². The van der Waals surface area contributed by atoms with Crippen LogP contribution >= 0.6 is 0 Å². The number of carbonyl (C=O) groups is 1. The van der Waals surface area contributed by atoms with Crippen molar-refractivity contribution < 1.29 is 19.4 Å². The van der Waals surface area contributed by atoms with Crippen molar-refractivity contribution >= 4 is 11.7 Å². The maximum absolute atomic E-state index is 11.8. The molecule has 3 rings (SSSR count). The van der Waals surface area contributed by atoms with Crippen molar-refractivity contribution in [1.29, 1.82) is 0 Å². The number of benzene rings is 1. The van der Waals surface area contributed by atoms with E-state index in [-0.39, 0.29) is 12.0 Å². The van der Waals surface area contributed by atoms with Gasteiger partial charge in [-0.15, -0.1) is 0 Å². The molecule has 5 nitrogen and oxygen atoms in total. The molecule has 0 aliphatic carbocycles. The maximum Gasteiger partial charge on any atom is 0.311 e. The molecule has 2 aliphatic rings. The number of carboxylic acids is 1. The van der Waals surface area contributed by atoms with E-state index < -0.39 is 11.9 Å². The number of carboxylic acid groups (broad SMARTS) is 1. The highest BCUT2D eigenvalue weighted by Crippen LogP contribution is 2.45. The Morgan fingerprint density at radius 3 is 3.00 bits per heavy atom. The Morgan fingerprint density at radius 2 is 2.30 bits per heavy atom. The molecule has 0 aromatic heterocycles. The molecule has 2 heterocycles. The predicted molar refractivity (Wildman–Crippen MR) is 74.5 cm³/mol. The molecule has 3 atom stereocenters. The van der Waals surface area contributed by atoms with E-state index in [1.807, 2.05) is 25.2 Å². The number of ether oxygens (including phenoxy) is 2. The molecule has 1 N–H and O–H groups in total. The number of rotatable bonds is 2. The topological polar surface area (TPSA) is 59.0 Å². The van der Waals surface area contributed by atoms with Gasteiger partial charge in [-0.05, 0) is 30.2 Å². The van der Waals surface area contributed by atoms with Gasteiger partial charge in [-0.1, -0.05) is 0 Å². The van der Waals surface area contributed by atoms with Crippen molar-refractivity contribution in [3.05, 3.63) is 23.8 Å². The minimum absolute atomic E-state index is 0.00847. The van der Waals surface area contributed by atoms with E-state index in [0.717, 1.165) is 17.7 Å². The maximum atomic E-state index is 11.8. The third-order valence-corrected chi connectivity index (χ3v) is 4.50. The molecule has 0 amide bonds. The second kappa shape index (κ2) is 4.98. The van der Waals surface area contributed by atoms with Crippen LogP contribution in [0.4, 0.5) is 5.69 Å². The summed E-state index contributed by atoms with van der Waals surface area (Å²) in [5.74, 6) is -0.626. The molecule has 1 aromatic carbocycles. The molecular weight excluding hydrogens is 258 g/mol. The van der Waals surface area contributed by atoms with E-state index in [2.05, 4.69) is 4.90 Å². The van der Waals surface area contributed by atoms with Gasteiger partial charge in [0.25, 0.3) is 0 Å². The fourth-order valence-corrected chi connectivity index (χ4v) is 3.50. The van der Waals surface area contributed by atoms with Crippen LogP contribution in [0.2, 0.25) is 0 Å². The van der Waals surface area contributed by atoms with Crippen LogP contribution in [0.25, 0.3) is 0 Å². The van der Waals surface area contributed by atoms with Crippen LogP contribution in [0.15, 0.2) is 18.2 Å². The Balaban J connectivity index is 2.12. The standard InChI is InChI=1S/C15H19NO4/c1-16-12-4-3-9(19-2)7-10(12)14(15(17)18)11-8-20-6-5-13(11)16/h3-4,7,11,13-14H,5-6,8H2,1-2H3,(H,17,18). The van der Waals surface area contributed by atoms with Crippen LogP contribution in [0.3, 0.4) is 0 Å². The van der Waals surface area contributed by atoms with Crippen molar-refractivity contribution in [2.24, 2.45) is 5.92 Å². The normalized spacial score (nSPS) is 28.5. The van der Waals surface area contributed by atoms with Gasteiger partial charge in [0.2, 0.25) is 0 Å². The lowest BCUT2D eigenvalue weighted by Gasteiger charge is -2.46. The number of hydrogen-bond acceptors (Lipinski definition) is 4. The average molecular weight is 277 g/mol. The van der Waals surface area contributed by atoms with Gasteiger partial charge in [-0.25, -0.2) is 0 Å². The molecule has 2 aliphatic heterocycles. The van der Waals surface area contributed by atoms with Gasteiger partial charge in [-0.2, -0.15) is 0 Å². The van der Waals surface area contributed by atoms with Crippen LogP contribution in [0, 0.1) is 5.92 Å². The number of hydrogen-bond donors (Lipinski definition) is 1. The lowest BCUT2D eigenvalue weighted by molar-refractivity contribution is -0.142. The van der Waals surface area contributed by atoms with E-state index in [1.165, 1.54) is 0 Å². The SMILES string of the molecule is COc1ccc2c(c1)C(C(=O)O)C1COCCC1N2C. The van der Waals surface area contributed by atoms with E-state index >= 15 is 0 Å². The summed E-state index contributed by atoms with van der Waals surface area (Å²) in [4.78, 5) is 14.0. The first-order valence-corrected chi connectivity index (χ1v) is 6.85. The minimum atomic E-state index is -0.784.